The number of nitrogens with one attached hydrogen (secondary N) is 1. The molecule has 5 nitrogen and oxygen atoms in total. The molecule has 0 radical (unpaired) electrons. The third kappa shape index (κ3) is 3.52. The Morgan fingerprint density at radius 2 is 1.86 bits per heavy atom. The number of anilines is 1. The molecule has 3 aromatic rings. The third-order valence-corrected chi connectivity index (χ3v) is 6.05. The standard InChI is InChI=1S/C22H23N3O2S/c1-4-27-18-11-7-16(8-12-18)21-20-15(3)24-25(17-9-5-14(2)6-10-17)22(20)23-19(26)13-28-21/h5-12,21H,4,13H2,1-3H3,(H,23,26)/t21-/m0/s1. The zero-order valence-electron chi connectivity index (χ0n) is 16.2. The number of hydrogen-bond donors (Lipinski definition) is 1. The van der Waals surface area contributed by atoms with Crippen LogP contribution in [-0.2, 0) is 4.79 Å². The van der Waals surface area contributed by atoms with Crippen molar-refractivity contribution in [2.45, 2.75) is 26.0 Å². The molecule has 1 atom stereocenters. The lowest BCUT2D eigenvalue weighted by atomic mass is 10.0. The molecule has 1 N–H and O–H groups in total. The summed E-state index contributed by atoms with van der Waals surface area (Å²) in [5.74, 6) is 2.01. The first-order chi connectivity index (χ1) is 13.6. The summed E-state index contributed by atoms with van der Waals surface area (Å²) in [6, 6.07) is 16.3. The number of carbonyl (C=O) groups excluding carboxylic acids is 1. The second-order valence-corrected chi connectivity index (χ2v) is 7.93. The van der Waals surface area contributed by atoms with Gasteiger partial charge in [0.05, 0.1) is 29.0 Å². The number of benzene rings is 2. The summed E-state index contributed by atoms with van der Waals surface area (Å²) in [5, 5.41) is 7.86. The van der Waals surface area contributed by atoms with Crippen LogP contribution in [-0.4, -0.2) is 28.0 Å². The first-order valence-electron chi connectivity index (χ1n) is 9.37. The Morgan fingerprint density at radius 3 is 2.54 bits per heavy atom. The fourth-order valence-corrected chi connectivity index (χ4v) is 4.61. The van der Waals surface area contributed by atoms with Crippen molar-refractivity contribution in [2.24, 2.45) is 0 Å². The Bertz CT molecular complexity index is 994. The van der Waals surface area contributed by atoms with Crippen molar-refractivity contribution < 1.29 is 9.53 Å². The molecule has 0 saturated heterocycles. The summed E-state index contributed by atoms with van der Waals surface area (Å²) < 4.78 is 7.41. The molecular formula is C22H23N3O2S. The molecule has 0 aliphatic carbocycles. The highest BCUT2D eigenvalue weighted by Crippen LogP contribution is 2.44. The SMILES string of the molecule is CCOc1ccc([C@@H]2SCC(=O)Nc3c2c(C)nn3-c2ccc(C)cc2)cc1. The van der Waals surface area contributed by atoms with Crippen molar-refractivity contribution >= 4 is 23.5 Å². The van der Waals surface area contributed by atoms with Gasteiger partial charge in [-0.25, -0.2) is 4.68 Å². The van der Waals surface area contributed by atoms with E-state index in [2.05, 4.69) is 36.5 Å². The summed E-state index contributed by atoms with van der Waals surface area (Å²) >= 11 is 1.63. The molecule has 28 heavy (non-hydrogen) atoms. The van der Waals surface area contributed by atoms with Gasteiger partial charge in [-0.3, -0.25) is 4.79 Å². The van der Waals surface area contributed by atoms with Gasteiger partial charge in [-0.15, -0.1) is 11.8 Å². The average Bonchev–Trinajstić information content (AvgIpc) is 2.89. The molecule has 144 valence electrons. The molecule has 1 amide bonds. The van der Waals surface area contributed by atoms with E-state index in [1.54, 1.807) is 11.8 Å². The van der Waals surface area contributed by atoms with Crippen LogP contribution < -0.4 is 10.1 Å². The minimum absolute atomic E-state index is 0.00653. The van der Waals surface area contributed by atoms with Gasteiger partial charge in [0.1, 0.15) is 11.6 Å². The van der Waals surface area contributed by atoms with Crippen LogP contribution in [0.15, 0.2) is 48.5 Å². The van der Waals surface area contributed by atoms with Crippen molar-refractivity contribution in [3.63, 3.8) is 0 Å². The van der Waals surface area contributed by atoms with Crippen LogP contribution in [0.5, 0.6) is 5.75 Å². The Morgan fingerprint density at radius 1 is 1.14 bits per heavy atom. The predicted octanol–water partition coefficient (Wildman–Crippen LogP) is 4.66. The Hall–Kier alpha value is -2.73. The zero-order chi connectivity index (χ0) is 19.7. The monoisotopic (exact) mass is 393 g/mol. The van der Waals surface area contributed by atoms with Crippen molar-refractivity contribution in [2.75, 3.05) is 17.7 Å². The van der Waals surface area contributed by atoms with Crippen molar-refractivity contribution in [1.82, 2.24) is 9.78 Å². The number of fused-ring (bicyclic) bond motifs is 1. The maximum Gasteiger partial charge on any atom is 0.235 e. The normalized spacial score (nSPS) is 16.2. The van der Waals surface area contributed by atoms with Crippen molar-refractivity contribution in [3.8, 4) is 11.4 Å². The zero-order valence-corrected chi connectivity index (χ0v) is 17.0. The van der Waals surface area contributed by atoms with Crippen LogP contribution >= 0.6 is 11.8 Å². The van der Waals surface area contributed by atoms with E-state index in [4.69, 9.17) is 9.84 Å². The molecular weight excluding hydrogens is 370 g/mol. The molecule has 0 unspecified atom stereocenters. The molecule has 0 spiro atoms. The van der Waals surface area contributed by atoms with Gasteiger partial charge in [0, 0.05) is 5.56 Å². The molecule has 4 rings (SSSR count). The smallest absolute Gasteiger partial charge is 0.235 e. The summed E-state index contributed by atoms with van der Waals surface area (Å²) in [6.07, 6.45) is 0. The number of ether oxygens (including phenoxy) is 1. The maximum atomic E-state index is 12.4. The van der Waals surface area contributed by atoms with E-state index in [0.29, 0.717) is 12.4 Å². The lowest BCUT2D eigenvalue weighted by molar-refractivity contribution is -0.113. The largest absolute Gasteiger partial charge is 0.494 e. The Kier molecular flexibility index (Phi) is 5.13. The second-order valence-electron chi connectivity index (χ2n) is 6.84. The molecule has 2 aromatic carbocycles. The van der Waals surface area contributed by atoms with Crippen LogP contribution in [0.25, 0.3) is 5.69 Å². The summed E-state index contributed by atoms with van der Waals surface area (Å²) in [6.45, 7) is 6.67. The van der Waals surface area contributed by atoms with Gasteiger partial charge in [-0.2, -0.15) is 5.10 Å². The minimum atomic E-state index is -0.00653. The molecule has 0 saturated carbocycles. The van der Waals surface area contributed by atoms with Crippen LogP contribution in [0.1, 0.15) is 34.6 Å². The third-order valence-electron chi connectivity index (χ3n) is 4.78. The van der Waals surface area contributed by atoms with E-state index in [1.807, 2.05) is 42.8 Å². The van der Waals surface area contributed by atoms with E-state index in [9.17, 15) is 4.79 Å². The topological polar surface area (TPSA) is 56.1 Å². The highest BCUT2D eigenvalue weighted by Gasteiger charge is 2.30. The van der Waals surface area contributed by atoms with Crippen LogP contribution in [0.2, 0.25) is 0 Å². The predicted molar refractivity (Wildman–Crippen MR) is 114 cm³/mol. The molecule has 1 aliphatic heterocycles. The van der Waals surface area contributed by atoms with Crippen molar-refractivity contribution in [1.29, 1.82) is 0 Å². The van der Waals surface area contributed by atoms with Crippen LogP contribution in [0, 0.1) is 13.8 Å². The van der Waals surface area contributed by atoms with Gasteiger partial charge in [-0.05, 0) is 50.6 Å². The molecule has 0 fully saturated rings. The summed E-state index contributed by atoms with van der Waals surface area (Å²) in [5.41, 5.74) is 5.24. The highest BCUT2D eigenvalue weighted by atomic mass is 32.2. The van der Waals surface area contributed by atoms with Gasteiger partial charge in [0.2, 0.25) is 5.91 Å². The fraction of sp³-hybridized carbons (Fsp3) is 0.273. The van der Waals surface area contributed by atoms with Gasteiger partial charge < -0.3 is 10.1 Å². The summed E-state index contributed by atoms with van der Waals surface area (Å²) in [4.78, 5) is 12.4. The first kappa shape index (κ1) is 18.6. The molecule has 1 aliphatic rings. The molecule has 0 bridgehead atoms. The number of carbonyl (C=O) groups is 1. The molecule has 1 aromatic heterocycles. The minimum Gasteiger partial charge on any atom is -0.494 e. The average molecular weight is 394 g/mol. The van der Waals surface area contributed by atoms with E-state index in [0.717, 1.165) is 34.1 Å². The Labute approximate surface area is 169 Å². The number of nitrogens with zero attached hydrogens (tertiary/aromatic N) is 2. The second kappa shape index (κ2) is 7.72. The van der Waals surface area contributed by atoms with E-state index in [-0.39, 0.29) is 11.2 Å². The number of aromatic nitrogens is 2. The van der Waals surface area contributed by atoms with Gasteiger partial charge in [0.15, 0.2) is 0 Å². The molecule has 2 heterocycles. The number of thioether (sulfide) groups is 1. The highest BCUT2D eigenvalue weighted by molar-refractivity contribution is 8.00. The van der Waals surface area contributed by atoms with Crippen molar-refractivity contribution in [3.05, 3.63) is 70.9 Å². The number of rotatable bonds is 4. The Balaban J connectivity index is 1.80. The van der Waals surface area contributed by atoms with E-state index >= 15 is 0 Å². The van der Waals surface area contributed by atoms with E-state index < -0.39 is 0 Å². The summed E-state index contributed by atoms with van der Waals surface area (Å²) in [7, 11) is 0. The fourth-order valence-electron chi connectivity index (χ4n) is 3.43. The first-order valence-corrected chi connectivity index (χ1v) is 10.4. The van der Waals surface area contributed by atoms with Gasteiger partial charge >= 0.3 is 0 Å². The quantitative estimate of drug-likeness (QED) is 0.700. The number of aryl methyl sites for hydroxylation is 2. The maximum absolute atomic E-state index is 12.4. The van der Waals surface area contributed by atoms with Gasteiger partial charge in [-0.1, -0.05) is 29.8 Å². The lowest BCUT2D eigenvalue weighted by Crippen LogP contribution is -2.15. The molecule has 6 heteroatoms. The van der Waals surface area contributed by atoms with Gasteiger partial charge in [0.25, 0.3) is 0 Å². The number of amides is 1. The van der Waals surface area contributed by atoms with E-state index in [1.165, 1.54) is 5.56 Å². The lowest BCUT2D eigenvalue weighted by Gasteiger charge is -2.16. The van der Waals surface area contributed by atoms with Crippen LogP contribution in [0.3, 0.4) is 0 Å². The number of hydrogen-bond acceptors (Lipinski definition) is 4. The van der Waals surface area contributed by atoms with Crippen LogP contribution in [0.4, 0.5) is 5.82 Å².